The number of fused-ring (bicyclic) bond motifs is 5. The summed E-state index contributed by atoms with van der Waals surface area (Å²) in [6.45, 7) is 10.6. The van der Waals surface area contributed by atoms with Crippen LogP contribution in [-0.2, 0) is 23.9 Å². The molecule has 0 amide bonds. The molecular formula is C37H60N2O8. The molecule has 47 heavy (non-hydrogen) atoms. The minimum Gasteiger partial charge on any atom is -0.480 e. The molecule has 3 fully saturated rings. The van der Waals surface area contributed by atoms with E-state index < -0.39 is 43.5 Å². The van der Waals surface area contributed by atoms with Gasteiger partial charge in [0.15, 0.2) is 0 Å². The van der Waals surface area contributed by atoms with Crippen molar-refractivity contribution in [2.75, 3.05) is 39.3 Å². The second-order valence-electron chi connectivity index (χ2n) is 16.2. The van der Waals surface area contributed by atoms with Crippen LogP contribution in [0.5, 0.6) is 0 Å². The molecule has 0 aliphatic heterocycles. The van der Waals surface area contributed by atoms with E-state index in [2.05, 4.69) is 40.7 Å². The molecule has 4 aliphatic rings. The summed E-state index contributed by atoms with van der Waals surface area (Å²) in [5.41, 5.74) is 1.98. The molecule has 0 aromatic rings. The zero-order valence-corrected chi connectivity index (χ0v) is 29.4. The third-order valence-electron chi connectivity index (χ3n) is 12.7. The maximum atomic E-state index is 13.0. The topological polar surface area (TPSA) is 145 Å². The molecule has 0 radical (unpaired) electrons. The highest BCUT2D eigenvalue weighted by Crippen LogP contribution is 2.67. The molecule has 0 aromatic heterocycles. The highest BCUT2D eigenvalue weighted by molar-refractivity contribution is 5.74. The molecule has 1 unspecified atom stereocenters. The van der Waals surface area contributed by atoms with Crippen LogP contribution in [0.15, 0.2) is 11.6 Å². The van der Waals surface area contributed by atoms with Gasteiger partial charge in [0.05, 0.1) is 26.2 Å². The van der Waals surface area contributed by atoms with Gasteiger partial charge < -0.3 is 20.1 Å². The summed E-state index contributed by atoms with van der Waals surface area (Å²) < 4.78 is 5.93. The van der Waals surface area contributed by atoms with Gasteiger partial charge in [0.25, 0.3) is 0 Å². The number of carbonyl (C=O) groups is 4. The number of ether oxygens (including phenoxy) is 1. The zero-order chi connectivity index (χ0) is 34.5. The molecule has 4 aliphatic carbocycles. The average Bonchev–Trinajstić information content (AvgIpc) is 3.32. The van der Waals surface area contributed by atoms with Crippen molar-refractivity contribution in [3.63, 3.8) is 0 Å². The van der Waals surface area contributed by atoms with Crippen molar-refractivity contribution < 1.29 is 39.2 Å². The van der Waals surface area contributed by atoms with Crippen molar-refractivity contribution in [1.82, 2.24) is 9.80 Å². The van der Waals surface area contributed by atoms with E-state index >= 15 is 0 Å². The van der Waals surface area contributed by atoms with Gasteiger partial charge in [-0.15, -0.1) is 0 Å². The first-order valence-electron chi connectivity index (χ1n) is 18.1. The van der Waals surface area contributed by atoms with E-state index in [-0.39, 0.29) is 31.2 Å². The Balaban J connectivity index is 1.34. The van der Waals surface area contributed by atoms with E-state index in [9.17, 15) is 24.3 Å². The van der Waals surface area contributed by atoms with Gasteiger partial charge in [-0.1, -0.05) is 65.5 Å². The number of nitrogens with zero attached hydrogens (tertiary/aromatic N) is 2. The molecule has 10 nitrogen and oxygen atoms in total. The van der Waals surface area contributed by atoms with Gasteiger partial charge in [-0.3, -0.25) is 29.0 Å². The normalized spacial score (nSPS) is 32.3. The minimum atomic E-state index is -1.18. The average molecular weight is 661 g/mol. The van der Waals surface area contributed by atoms with Crippen LogP contribution in [0.4, 0.5) is 0 Å². The Morgan fingerprint density at radius 3 is 2.04 bits per heavy atom. The third kappa shape index (κ3) is 9.17. The Kier molecular flexibility index (Phi) is 12.6. The summed E-state index contributed by atoms with van der Waals surface area (Å²) in [7, 11) is 0. The smallest absolute Gasteiger partial charge is 0.320 e. The molecule has 10 heteroatoms. The molecule has 0 heterocycles. The number of rotatable bonds is 17. The number of hydrogen-bond acceptors (Lipinski definition) is 7. The van der Waals surface area contributed by atoms with Crippen molar-refractivity contribution in [3.8, 4) is 0 Å². The number of allylic oxidation sites excluding steroid dienone is 1. The molecule has 8 atom stereocenters. The lowest BCUT2D eigenvalue weighted by Crippen LogP contribution is -2.51. The quantitative estimate of drug-likeness (QED) is 0.129. The van der Waals surface area contributed by atoms with Crippen LogP contribution < -0.4 is 0 Å². The van der Waals surface area contributed by atoms with Gasteiger partial charge in [0.2, 0.25) is 0 Å². The lowest BCUT2D eigenvalue weighted by atomic mass is 9.47. The summed E-state index contributed by atoms with van der Waals surface area (Å²) in [6, 6.07) is 0. The van der Waals surface area contributed by atoms with Crippen LogP contribution >= 0.6 is 0 Å². The zero-order valence-electron chi connectivity index (χ0n) is 29.4. The van der Waals surface area contributed by atoms with Gasteiger partial charge in [-0.25, -0.2) is 0 Å². The molecule has 266 valence electrons. The molecule has 0 spiro atoms. The lowest BCUT2D eigenvalue weighted by molar-refractivity contribution is -0.154. The molecule has 0 bridgehead atoms. The van der Waals surface area contributed by atoms with Crippen LogP contribution in [0, 0.1) is 46.3 Å². The van der Waals surface area contributed by atoms with Crippen molar-refractivity contribution >= 4 is 23.9 Å². The van der Waals surface area contributed by atoms with Crippen LogP contribution in [0.25, 0.3) is 0 Å². The second-order valence-corrected chi connectivity index (χ2v) is 16.2. The summed E-state index contributed by atoms with van der Waals surface area (Å²) in [6.07, 6.45) is 15.1. The summed E-state index contributed by atoms with van der Waals surface area (Å²) in [5, 5.41) is 27.6. The van der Waals surface area contributed by atoms with E-state index in [0.717, 1.165) is 48.9 Å². The fourth-order valence-electron chi connectivity index (χ4n) is 10.4. The molecular weight excluding hydrogens is 600 g/mol. The fraction of sp³-hybridized carbons (Fsp3) is 0.838. The Labute approximate surface area is 281 Å². The minimum absolute atomic E-state index is 0.00574. The van der Waals surface area contributed by atoms with E-state index in [1.54, 1.807) is 0 Å². The Morgan fingerprint density at radius 1 is 0.830 bits per heavy atom. The number of carbonyl (C=O) groups excluding carboxylic acids is 1. The van der Waals surface area contributed by atoms with Crippen LogP contribution in [-0.4, -0.2) is 94.4 Å². The maximum Gasteiger partial charge on any atom is 0.320 e. The maximum absolute atomic E-state index is 13.0. The standard InChI is InChI=1S/C37H60N2O8/c1-24(2)7-6-8-25(3)29-11-12-30-28-10-9-26-19-27(13-15-36(26,4)31(28)14-16-37(29,30)5)47-35(46)23-39(22-34(44)45)18-17-38(20-32(40)41)21-33(42)43/h9,24-25,27-31H,6-8,10-23H2,1-5H3,(H,40,41)(H,42,43)(H,44,45)/t25-,27+,28+,29?,30+,31+,36+,37-/m1/s1. The lowest BCUT2D eigenvalue weighted by Gasteiger charge is -2.58. The molecule has 3 saturated carbocycles. The first-order chi connectivity index (χ1) is 22.1. The molecule has 0 aromatic carbocycles. The number of carboxylic acids is 3. The predicted octanol–water partition coefficient (Wildman–Crippen LogP) is 5.80. The number of esters is 1. The Morgan fingerprint density at radius 2 is 1.45 bits per heavy atom. The van der Waals surface area contributed by atoms with Gasteiger partial charge in [-0.05, 0) is 91.3 Å². The fourth-order valence-corrected chi connectivity index (χ4v) is 10.4. The van der Waals surface area contributed by atoms with Gasteiger partial charge in [0, 0.05) is 19.5 Å². The first kappa shape index (κ1) is 37.4. The van der Waals surface area contributed by atoms with Gasteiger partial charge in [-0.2, -0.15) is 0 Å². The number of hydrogen-bond donors (Lipinski definition) is 3. The largest absolute Gasteiger partial charge is 0.480 e. The van der Waals surface area contributed by atoms with E-state index in [0.29, 0.717) is 17.8 Å². The second kappa shape index (κ2) is 15.8. The highest BCUT2D eigenvalue weighted by Gasteiger charge is 2.59. The van der Waals surface area contributed by atoms with E-state index in [1.165, 1.54) is 60.3 Å². The van der Waals surface area contributed by atoms with E-state index in [1.807, 2.05) is 0 Å². The predicted molar refractivity (Wildman–Crippen MR) is 179 cm³/mol. The van der Waals surface area contributed by atoms with E-state index in [4.69, 9.17) is 14.9 Å². The first-order valence-corrected chi connectivity index (χ1v) is 18.1. The highest BCUT2D eigenvalue weighted by atomic mass is 16.5. The summed E-state index contributed by atoms with van der Waals surface area (Å²) in [5.74, 6) is 0.560. The van der Waals surface area contributed by atoms with Gasteiger partial charge >= 0.3 is 23.9 Å². The Hall–Kier alpha value is -2.46. The SMILES string of the molecule is CC(C)CCC[C@@H](C)C1CC[C@H]2[C@@H]3CC=C4C[C@@H](OC(=O)CN(CCN(CC(=O)O)CC(=O)O)CC(=O)O)CC[C@]4(C)[C@H]3CC[C@]12C. The molecule has 3 N–H and O–H groups in total. The molecule has 4 rings (SSSR count). The van der Waals surface area contributed by atoms with Crippen LogP contribution in [0.3, 0.4) is 0 Å². The monoisotopic (exact) mass is 660 g/mol. The number of aliphatic carboxylic acids is 3. The van der Waals surface area contributed by atoms with Gasteiger partial charge in [0.1, 0.15) is 6.10 Å². The Bertz CT molecular complexity index is 1150. The van der Waals surface area contributed by atoms with Crippen LogP contribution in [0.2, 0.25) is 0 Å². The number of carboxylic acid groups (broad SMARTS) is 3. The molecule has 0 saturated heterocycles. The van der Waals surface area contributed by atoms with Crippen molar-refractivity contribution in [2.24, 2.45) is 46.3 Å². The van der Waals surface area contributed by atoms with Crippen molar-refractivity contribution in [3.05, 3.63) is 11.6 Å². The third-order valence-corrected chi connectivity index (χ3v) is 12.7. The summed E-state index contributed by atoms with van der Waals surface area (Å²) >= 11 is 0. The van der Waals surface area contributed by atoms with Crippen molar-refractivity contribution in [2.45, 2.75) is 111 Å². The van der Waals surface area contributed by atoms with Crippen molar-refractivity contribution in [1.29, 1.82) is 0 Å². The summed E-state index contributed by atoms with van der Waals surface area (Å²) in [4.78, 5) is 49.4. The van der Waals surface area contributed by atoms with Crippen LogP contribution in [0.1, 0.15) is 105 Å².